The Morgan fingerprint density at radius 1 is 1.55 bits per heavy atom. The molecule has 0 saturated carbocycles. The maximum absolute atomic E-state index is 12.0. The number of hydrogen-bond donors (Lipinski definition) is 1. The first kappa shape index (κ1) is 15.3. The molecule has 2 aromatic heterocycles. The Morgan fingerprint density at radius 2 is 2.35 bits per heavy atom. The Balaban J connectivity index is 1.73. The van der Waals surface area contributed by atoms with Crippen LogP contribution in [0.4, 0.5) is 0 Å². The molecule has 20 heavy (non-hydrogen) atoms. The molecule has 0 aliphatic heterocycles. The molecule has 0 atom stereocenters. The zero-order valence-corrected chi connectivity index (χ0v) is 13.6. The highest BCUT2D eigenvalue weighted by Crippen LogP contribution is 2.25. The molecule has 2 rings (SSSR count). The van der Waals surface area contributed by atoms with E-state index in [1.165, 1.54) is 4.88 Å². The minimum atomic E-state index is 0.0695. The van der Waals surface area contributed by atoms with E-state index in [4.69, 9.17) is 11.6 Å². The second kappa shape index (κ2) is 7.10. The smallest absolute Gasteiger partial charge is 0.232 e. The maximum Gasteiger partial charge on any atom is 0.232 e. The van der Waals surface area contributed by atoms with E-state index in [9.17, 15) is 4.79 Å². The summed E-state index contributed by atoms with van der Waals surface area (Å²) in [6.07, 6.45) is 0. The maximum atomic E-state index is 12.0. The summed E-state index contributed by atoms with van der Waals surface area (Å²) >= 11 is 8.99. The van der Waals surface area contributed by atoms with Gasteiger partial charge in [0.05, 0.1) is 16.6 Å². The fraction of sp³-hybridized carbons (Fsp3) is 0.417. The highest BCUT2D eigenvalue weighted by atomic mass is 35.5. The molecule has 2 aromatic rings. The average molecular weight is 331 g/mol. The Bertz CT molecular complexity index is 584. The molecular weight excluding hydrogens is 316 g/mol. The quantitative estimate of drug-likeness (QED) is 0.884. The molecule has 0 aromatic carbocycles. The van der Waals surface area contributed by atoms with Crippen LogP contribution in [0.2, 0.25) is 4.34 Å². The van der Waals surface area contributed by atoms with Gasteiger partial charge in [0.1, 0.15) is 5.82 Å². The van der Waals surface area contributed by atoms with Crippen molar-refractivity contribution in [1.29, 1.82) is 0 Å². The number of halogens is 1. The van der Waals surface area contributed by atoms with Crippen LogP contribution in [0, 0.1) is 6.92 Å². The summed E-state index contributed by atoms with van der Waals surface area (Å²) in [5, 5.41) is 6.78. The van der Waals surface area contributed by atoms with Gasteiger partial charge in [0.25, 0.3) is 0 Å². The van der Waals surface area contributed by atoms with Crippen molar-refractivity contribution in [3.05, 3.63) is 33.0 Å². The molecule has 0 radical (unpaired) electrons. The van der Waals surface area contributed by atoms with E-state index in [2.05, 4.69) is 15.2 Å². The van der Waals surface area contributed by atoms with Gasteiger partial charge in [-0.3, -0.25) is 9.89 Å². The normalized spacial score (nSPS) is 10.8. The van der Waals surface area contributed by atoms with Gasteiger partial charge in [0, 0.05) is 17.7 Å². The predicted octanol–water partition coefficient (Wildman–Crippen LogP) is 2.72. The van der Waals surface area contributed by atoms with E-state index in [1.54, 1.807) is 35.0 Å². The molecule has 0 aliphatic carbocycles. The summed E-state index contributed by atoms with van der Waals surface area (Å²) in [5.74, 6) is 2.70. The minimum Gasteiger partial charge on any atom is -0.337 e. The molecule has 0 spiro atoms. The van der Waals surface area contributed by atoms with Crippen molar-refractivity contribution in [3.63, 3.8) is 0 Å². The number of carbonyl (C=O) groups is 1. The summed E-state index contributed by atoms with van der Waals surface area (Å²) in [7, 11) is 1.76. The van der Waals surface area contributed by atoms with Gasteiger partial charge >= 0.3 is 0 Å². The van der Waals surface area contributed by atoms with E-state index >= 15 is 0 Å². The lowest BCUT2D eigenvalue weighted by atomic mass is 10.5. The highest BCUT2D eigenvalue weighted by Gasteiger charge is 2.12. The van der Waals surface area contributed by atoms with E-state index in [0.717, 1.165) is 15.9 Å². The Labute approximate surface area is 130 Å². The third-order valence-electron chi connectivity index (χ3n) is 2.55. The summed E-state index contributed by atoms with van der Waals surface area (Å²) in [6, 6.07) is 3.87. The monoisotopic (exact) mass is 330 g/mol. The van der Waals surface area contributed by atoms with E-state index < -0.39 is 0 Å². The van der Waals surface area contributed by atoms with Gasteiger partial charge < -0.3 is 4.90 Å². The number of aromatic amines is 1. The summed E-state index contributed by atoms with van der Waals surface area (Å²) in [4.78, 5) is 19.0. The lowest BCUT2D eigenvalue weighted by Gasteiger charge is -2.14. The highest BCUT2D eigenvalue weighted by molar-refractivity contribution is 7.99. The molecule has 0 fully saturated rings. The van der Waals surface area contributed by atoms with E-state index in [0.29, 0.717) is 18.1 Å². The van der Waals surface area contributed by atoms with Crippen LogP contribution < -0.4 is 0 Å². The minimum absolute atomic E-state index is 0.0695. The molecule has 108 valence electrons. The molecule has 0 saturated heterocycles. The fourth-order valence-corrected chi connectivity index (χ4v) is 3.70. The third-order valence-corrected chi connectivity index (χ3v) is 4.93. The first-order valence-electron chi connectivity index (χ1n) is 5.98. The van der Waals surface area contributed by atoms with E-state index in [1.807, 2.05) is 19.1 Å². The third kappa shape index (κ3) is 4.50. The zero-order valence-electron chi connectivity index (χ0n) is 11.2. The summed E-state index contributed by atoms with van der Waals surface area (Å²) in [6.45, 7) is 2.26. The molecule has 0 aliphatic rings. The molecule has 2 heterocycles. The number of hydrogen-bond acceptors (Lipinski definition) is 5. The Kier molecular flexibility index (Phi) is 5.45. The number of carbonyl (C=O) groups excluding carboxylic acids is 1. The SMILES string of the molecule is Cc1nc(CN(C)C(=O)CSCc2ccc(Cl)s2)n[nH]1. The zero-order chi connectivity index (χ0) is 14.5. The van der Waals surface area contributed by atoms with Gasteiger partial charge in [0.15, 0.2) is 5.82 Å². The number of nitrogens with zero attached hydrogens (tertiary/aromatic N) is 3. The molecule has 1 N–H and O–H groups in total. The van der Waals surface area contributed by atoms with Crippen LogP contribution in [0.15, 0.2) is 12.1 Å². The van der Waals surface area contributed by atoms with E-state index in [-0.39, 0.29) is 5.91 Å². The van der Waals surface area contributed by atoms with Crippen LogP contribution in [0.1, 0.15) is 16.5 Å². The fourth-order valence-electron chi connectivity index (χ4n) is 1.54. The van der Waals surface area contributed by atoms with Crippen molar-refractivity contribution >= 4 is 40.6 Å². The lowest BCUT2D eigenvalue weighted by molar-refractivity contribution is -0.127. The molecule has 5 nitrogen and oxygen atoms in total. The number of nitrogens with one attached hydrogen (secondary N) is 1. The summed E-state index contributed by atoms with van der Waals surface area (Å²) < 4.78 is 0.782. The van der Waals surface area contributed by atoms with Gasteiger partial charge in [-0.25, -0.2) is 4.98 Å². The van der Waals surface area contributed by atoms with Crippen LogP contribution in [0.25, 0.3) is 0 Å². The summed E-state index contributed by atoms with van der Waals surface area (Å²) in [5.41, 5.74) is 0. The van der Waals surface area contributed by atoms with Gasteiger partial charge in [-0.15, -0.1) is 23.1 Å². The number of rotatable bonds is 6. The number of aromatic nitrogens is 3. The van der Waals surface area contributed by atoms with Crippen molar-refractivity contribution in [3.8, 4) is 0 Å². The Morgan fingerprint density at radius 3 is 2.95 bits per heavy atom. The number of thiophene rings is 1. The van der Waals surface area contributed by atoms with Crippen molar-refractivity contribution in [2.45, 2.75) is 19.2 Å². The number of aryl methyl sites for hydroxylation is 1. The standard InChI is InChI=1S/C12H15ClN4OS2/c1-8-14-11(16-15-8)5-17(2)12(18)7-19-6-9-3-4-10(13)20-9/h3-4H,5-7H2,1-2H3,(H,14,15,16). The van der Waals surface area contributed by atoms with Crippen LogP contribution in [-0.4, -0.2) is 38.8 Å². The lowest BCUT2D eigenvalue weighted by Crippen LogP contribution is -2.28. The average Bonchev–Trinajstić information content (AvgIpc) is 2.98. The number of amides is 1. The first-order chi connectivity index (χ1) is 9.54. The van der Waals surface area contributed by atoms with Crippen LogP contribution in [-0.2, 0) is 17.1 Å². The second-order valence-electron chi connectivity index (χ2n) is 4.29. The molecule has 1 amide bonds. The number of H-pyrrole nitrogens is 1. The van der Waals surface area contributed by atoms with Crippen molar-refractivity contribution < 1.29 is 4.79 Å². The molecule has 8 heteroatoms. The Hall–Kier alpha value is -1.05. The number of thioether (sulfide) groups is 1. The second-order valence-corrected chi connectivity index (χ2v) is 7.07. The topological polar surface area (TPSA) is 61.9 Å². The van der Waals surface area contributed by atoms with Crippen LogP contribution in [0.5, 0.6) is 0 Å². The molecule has 0 unspecified atom stereocenters. The van der Waals surface area contributed by atoms with Crippen molar-refractivity contribution in [2.24, 2.45) is 0 Å². The van der Waals surface area contributed by atoms with Crippen LogP contribution >= 0.6 is 34.7 Å². The predicted molar refractivity (Wildman–Crippen MR) is 83.1 cm³/mol. The largest absolute Gasteiger partial charge is 0.337 e. The van der Waals surface area contributed by atoms with Gasteiger partial charge in [-0.05, 0) is 19.1 Å². The van der Waals surface area contributed by atoms with Crippen LogP contribution in [0.3, 0.4) is 0 Å². The van der Waals surface area contributed by atoms with Gasteiger partial charge in [-0.1, -0.05) is 11.6 Å². The first-order valence-corrected chi connectivity index (χ1v) is 8.33. The molecular formula is C12H15ClN4OS2. The molecule has 0 bridgehead atoms. The van der Waals surface area contributed by atoms with Crippen molar-refractivity contribution in [2.75, 3.05) is 12.8 Å². The van der Waals surface area contributed by atoms with Gasteiger partial charge in [-0.2, -0.15) is 5.10 Å². The van der Waals surface area contributed by atoms with Crippen molar-refractivity contribution in [1.82, 2.24) is 20.1 Å². The van der Waals surface area contributed by atoms with Gasteiger partial charge in [0.2, 0.25) is 5.91 Å².